The van der Waals surface area contributed by atoms with Crippen molar-refractivity contribution in [3.8, 4) is 22.9 Å². The first-order valence-electron chi connectivity index (χ1n) is 10.1. The minimum atomic E-state index is -0.372. The topological polar surface area (TPSA) is 82.6 Å². The van der Waals surface area contributed by atoms with Crippen molar-refractivity contribution >= 4 is 33.3 Å². The molecule has 3 heterocycles. The van der Waals surface area contributed by atoms with Crippen LogP contribution in [0, 0.1) is 13.8 Å². The summed E-state index contributed by atoms with van der Waals surface area (Å²) in [6.07, 6.45) is 0. The zero-order valence-electron chi connectivity index (χ0n) is 17.9. The molecule has 7 nitrogen and oxygen atoms in total. The van der Waals surface area contributed by atoms with Crippen LogP contribution in [0.2, 0.25) is 0 Å². The molecule has 0 saturated carbocycles. The minimum Gasteiger partial charge on any atom is -0.465 e. The van der Waals surface area contributed by atoms with Crippen molar-refractivity contribution in [3.05, 3.63) is 64.0 Å². The second-order valence-corrected chi connectivity index (χ2v) is 8.67. The normalized spacial score (nSPS) is 12.2. The number of methoxy groups -OCH3 is 1. The van der Waals surface area contributed by atoms with E-state index in [4.69, 9.17) is 24.2 Å². The average Bonchev–Trinajstić information content (AvgIpc) is 3.40. The van der Waals surface area contributed by atoms with E-state index in [1.54, 1.807) is 23.5 Å². The van der Waals surface area contributed by atoms with E-state index in [2.05, 4.69) is 19.2 Å². The average molecular weight is 448 g/mol. The number of hydrogen-bond donors (Lipinski definition) is 1. The van der Waals surface area contributed by atoms with Gasteiger partial charge >= 0.3 is 5.97 Å². The summed E-state index contributed by atoms with van der Waals surface area (Å²) in [7, 11) is 1.37. The number of esters is 1. The zero-order valence-corrected chi connectivity index (χ0v) is 18.7. The Morgan fingerprint density at radius 1 is 1.09 bits per heavy atom. The Kier molecular flexibility index (Phi) is 5.14. The molecule has 0 bridgehead atoms. The molecule has 1 N–H and O–H groups in total. The number of carbonyl (C=O) groups excluding carboxylic acids is 1. The monoisotopic (exact) mass is 447 g/mol. The molecule has 2 aromatic carbocycles. The van der Waals surface area contributed by atoms with Gasteiger partial charge in [-0.1, -0.05) is 18.2 Å². The number of rotatable bonds is 5. The molecule has 4 aromatic rings. The predicted molar refractivity (Wildman–Crippen MR) is 124 cm³/mol. The van der Waals surface area contributed by atoms with Gasteiger partial charge in [0.2, 0.25) is 6.79 Å². The molecule has 2 aromatic heterocycles. The van der Waals surface area contributed by atoms with Gasteiger partial charge in [0.1, 0.15) is 10.6 Å². The highest BCUT2D eigenvalue weighted by atomic mass is 32.1. The lowest BCUT2D eigenvalue weighted by molar-refractivity contribution is 0.0600. The Hall–Kier alpha value is -3.65. The van der Waals surface area contributed by atoms with Crippen LogP contribution in [-0.4, -0.2) is 29.8 Å². The fourth-order valence-corrected chi connectivity index (χ4v) is 4.65. The number of thiophene rings is 1. The number of aryl methyl sites for hydroxylation is 2. The van der Waals surface area contributed by atoms with Crippen LogP contribution in [0.5, 0.6) is 11.5 Å². The summed E-state index contributed by atoms with van der Waals surface area (Å²) in [5, 5.41) is 4.51. The highest BCUT2D eigenvalue weighted by Gasteiger charge is 2.17. The molecule has 0 aliphatic carbocycles. The van der Waals surface area contributed by atoms with Crippen molar-refractivity contribution in [3.63, 3.8) is 0 Å². The van der Waals surface area contributed by atoms with Gasteiger partial charge in [-0.15, -0.1) is 11.3 Å². The Morgan fingerprint density at radius 3 is 2.66 bits per heavy atom. The number of benzene rings is 2. The van der Waals surface area contributed by atoms with Crippen molar-refractivity contribution in [1.29, 1.82) is 0 Å². The molecule has 8 heteroatoms. The predicted octanol–water partition coefficient (Wildman–Crippen LogP) is 5.10. The van der Waals surface area contributed by atoms with Crippen molar-refractivity contribution < 1.29 is 19.0 Å². The third-order valence-electron chi connectivity index (χ3n) is 5.49. The molecular formula is C24H21N3O4S. The van der Waals surface area contributed by atoms with E-state index in [1.165, 1.54) is 17.6 Å². The molecular weight excluding hydrogens is 426 g/mol. The van der Waals surface area contributed by atoms with Gasteiger partial charge in [-0.25, -0.2) is 14.8 Å². The molecule has 0 unspecified atom stereocenters. The largest absolute Gasteiger partial charge is 0.465 e. The van der Waals surface area contributed by atoms with Crippen LogP contribution >= 0.6 is 11.3 Å². The number of carbonyl (C=O) groups is 1. The van der Waals surface area contributed by atoms with Gasteiger partial charge in [-0.05, 0) is 49.2 Å². The summed E-state index contributed by atoms with van der Waals surface area (Å²) in [6.45, 7) is 5.02. The van der Waals surface area contributed by atoms with E-state index < -0.39 is 0 Å². The number of aromatic nitrogens is 2. The number of anilines is 1. The smallest absolute Gasteiger partial charge is 0.337 e. The number of fused-ring (bicyclic) bond motifs is 2. The summed E-state index contributed by atoms with van der Waals surface area (Å²) < 4.78 is 15.7. The first-order valence-corrected chi connectivity index (χ1v) is 10.9. The third kappa shape index (κ3) is 3.62. The van der Waals surface area contributed by atoms with Crippen molar-refractivity contribution in [1.82, 2.24) is 9.97 Å². The first-order chi connectivity index (χ1) is 15.5. The fraction of sp³-hybridized carbons (Fsp3) is 0.208. The quantitative estimate of drug-likeness (QED) is 0.426. The van der Waals surface area contributed by atoms with E-state index in [1.807, 2.05) is 30.3 Å². The molecule has 162 valence electrons. The standard InChI is InChI=1S/C24H21N3O4S/c1-13-14(2)32-23-20(13)22(25-11-15-4-9-18-19(10-15)31-12-30-18)26-21(27-23)16-5-7-17(8-6-16)24(28)29-3/h4-10H,11-12H2,1-3H3,(H,25,26,27). The van der Waals surface area contributed by atoms with Crippen LogP contribution in [0.4, 0.5) is 5.82 Å². The fourth-order valence-electron chi connectivity index (χ4n) is 3.62. The highest BCUT2D eigenvalue weighted by Crippen LogP contribution is 2.36. The van der Waals surface area contributed by atoms with Crippen LogP contribution < -0.4 is 14.8 Å². The second kappa shape index (κ2) is 8.12. The Balaban J connectivity index is 1.50. The Labute approximate surface area is 189 Å². The van der Waals surface area contributed by atoms with E-state index >= 15 is 0 Å². The molecule has 0 radical (unpaired) electrons. The molecule has 1 aliphatic rings. The maximum absolute atomic E-state index is 11.7. The van der Waals surface area contributed by atoms with Gasteiger partial charge in [-0.2, -0.15) is 0 Å². The number of nitrogens with one attached hydrogen (secondary N) is 1. The van der Waals surface area contributed by atoms with Crippen molar-refractivity contribution in [2.75, 3.05) is 19.2 Å². The second-order valence-electron chi connectivity index (χ2n) is 7.47. The Bertz CT molecular complexity index is 1330. The van der Waals surface area contributed by atoms with Crippen LogP contribution in [0.25, 0.3) is 21.6 Å². The van der Waals surface area contributed by atoms with Crippen LogP contribution in [0.3, 0.4) is 0 Å². The summed E-state index contributed by atoms with van der Waals surface area (Å²) in [5.41, 5.74) is 3.55. The molecule has 0 spiro atoms. The molecule has 0 amide bonds. The van der Waals surface area contributed by atoms with Gasteiger partial charge in [0.15, 0.2) is 17.3 Å². The van der Waals surface area contributed by atoms with Gasteiger partial charge in [0.25, 0.3) is 0 Å². The van der Waals surface area contributed by atoms with Gasteiger partial charge < -0.3 is 19.5 Å². The maximum atomic E-state index is 11.7. The maximum Gasteiger partial charge on any atom is 0.337 e. The molecule has 0 fully saturated rings. The van der Waals surface area contributed by atoms with Crippen LogP contribution in [-0.2, 0) is 11.3 Å². The zero-order chi connectivity index (χ0) is 22.2. The lowest BCUT2D eigenvalue weighted by Crippen LogP contribution is -2.04. The summed E-state index contributed by atoms with van der Waals surface area (Å²) in [4.78, 5) is 23.5. The van der Waals surface area contributed by atoms with Crippen LogP contribution in [0.15, 0.2) is 42.5 Å². The summed E-state index contributed by atoms with van der Waals surface area (Å²) in [5.74, 6) is 2.53. The van der Waals surface area contributed by atoms with Gasteiger partial charge in [-0.3, -0.25) is 0 Å². The summed E-state index contributed by atoms with van der Waals surface area (Å²) in [6, 6.07) is 13.0. The molecule has 0 saturated heterocycles. The number of hydrogen-bond acceptors (Lipinski definition) is 8. The minimum absolute atomic E-state index is 0.254. The van der Waals surface area contributed by atoms with E-state index in [9.17, 15) is 4.79 Å². The van der Waals surface area contributed by atoms with E-state index in [0.717, 1.165) is 38.7 Å². The molecule has 0 atom stereocenters. The van der Waals surface area contributed by atoms with E-state index in [0.29, 0.717) is 17.9 Å². The lowest BCUT2D eigenvalue weighted by atomic mass is 10.1. The molecule has 32 heavy (non-hydrogen) atoms. The lowest BCUT2D eigenvalue weighted by Gasteiger charge is -2.11. The first kappa shape index (κ1) is 20.3. The Morgan fingerprint density at radius 2 is 1.88 bits per heavy atom. The van der Waals surface area contributed by atoms with Gasteiger partial charge in [0.05, 0.1) is 18.1 Å². The molecule has 5 rings (SSSR count). The van der Waals surface area contributed by atoms with Crippen LogP contribution in [0.1, 0.15) is 26.4 Å². The van der Waals surface area contributed by atoms with Crippen molar-refractivity contribution in [2.45, 2.75) is 20.4 Å². The SMILES string of the molecule is COC(=O)c1ccc(-c2nc(NCc3ccc4c(c3)OCO4)c3c(C)c(C)sc3n2)cc1. The number of nitrogens with zero attached hydrogens (tertiary/aromatic N) is 2. The number of ether oxygens (including phenoxy) is 3. The highest BCUT2D eigenvalue weighted by molar-refractivity contribution is 7.18. The third-order valence-corrected chi connectivity index (χ3v) is 6.59. The summed E-state index contributed by atoms with van der Waals surface area (Å²) >= 11 is 1.65. The van der Waals surface area contributed by atoms with Crippen molar-refractivity contribution in [2.24, 2.45) is 0 Å². The van der Waals surface area contributed by atoms with Gasteiger partial charge in [0, 0.05) is 17.0 Å². The van der Waals surface area contributed by atoms with E-state index in [-0.39, 0.29) is 12.8 Å². The molecule has 1 aliphatic heterocycles.